The van der Waals surface area contributed by atoms with Crippen LogP contribution in [0.1, 0.15) is 31.4 Å². The van der Waals surface area contributed by atoms with Gasteiger partial charge in [0.25, 0.3) is 6.43 Å². The van der Waals surface area contributed by atoms with E-state index in [2.05, 4.69) is 5.16 Å². The molecule has 1 aromatic carbocycles. The minimum absolute atomic E-state index is 0.0107. The van der Waals surface area contributed by atoms with Gasteiger partial charge in [-0.1, -0.05) is 23.4 Å². The zero-order valence-electron chi connectivity index (χ0n) is 8.65. The standard InChI is InChI=1S/C11H13F2NO/c1-8(2)15-14-7-9-4-3-5-10(6-9)11(12)13/h3-8,11H,1-2H3. The van der Waals surface area contributed by atoms with Gasteiger partial charge in [-0.05, 0) is 25.5 Å². The molecule has 0 radical (unpaired) electrons. The summed E-state index contributed by atoms with van der Waals surface area (Å²) in [6, 6.07) is 6.03. The van der Waals surface area contributed by atoms with Crippen LogP contribution in [0.5, 0.6) is 0 Å². The number of oxime groups is 1. The first-order valence-corrected chi connectivity index (χ1v) is 4.67. The van der Waals surface area contributed by atoms with E-state index in [1.165, 1.54) is 18.3 Å². The van der Waals surface area contributed by atoms with Crippen molar-refractivity contribution in [1.82, 2.24) is 0 Å². The van der Waals surface area contributed by atoms with Gasteiger partial charge >= 0.3 is 0 Å². The van der Waals surface area contributed by atoms with Crippen molar-refractivity contribution in [3.05, 3.63) is 35.4 Å². The third-order valence-electron chi connectivity index (χ3n) is 1.64. The third-order valence-corrected chi connectivity index (χ3v) is 1.64. The quantitative estimate of drug-likeness (QED) is 0.555. The summed E-state index contributed by atoms with van der Waals surface area (Å²) in [5.41, 5.74) is 0.594. The van der Waals surface area contributed by atoms with Gasteiger partial charge in [0, 0.05) is 5.56 Å². The highest BCUT2D eigenvalue weighted by Crippen LogP contribution is 2.18. The number of rotatable bonds is 4. The van der Waals surface area contributed by atoms with Crippen LogP contribution in [0.15, 0.2) is 29.4 Å². The molecule has 0 atom stereocenters. The second-order valence-corrected chi connectivity index (χ2v) is 3.36. The first kappa shape index (κ1) is 11.6. The van der Waals surface area contributed by atoms with E-state index in [1.54, 1.807) is 12.1 Å². The second kappa shape index (κ2) is 5.44. The lowest BCUT2D eigenvalue weighted by Crippen LogP contribution is -1.96. The predicted octanol–water partition coefficient (Wildman–Crippen LogP) is 3.38. The van der Waals surface area contributed by atoms with E-state index >= 15 is 0 Å². The lowest BCUT2D eigenvalue weighted by molar-refractivity contribution is 0.0873. The van der Waals surface area contributed by atoms with Gasteiger partial charge in [-0.25, -0.2) is 8.78 Å². The first-order chi connectivity index (χ1) is 7.09. The summed E-state index contributed by atoms with van der Waals surface area (Å²) in [5.74, 6) is 0. The average molecular weight is 213 g/mol. The summed E-state index contributed by atoms with van der Waals surface area (Å²) in [4.78, 5) is 4.93. The topological polar surface area (TPSA) is 21.6 Å². The van der Waals surface area contributed by atoms with Crippen molar-refractivity contribution in [2.24, 2.45) is 5.16 Å². The Labute approximate surface area is 87.6 Å². The summed E-state index contributed by atoms with van der Waals surface area (Å²) >= 11 is 0. The van der Waals surface area contributed by atoms with Gasteiger partial charge in [0.05, 0.1) is 6.21 Å². The molecule has 4 heteroatoms. The summed E-state index contributed by atoms with van der Waals surface area (Å²) in [6.07, 6.45) is -1.05. The summed E-state index contributed by atoms with van der Waals surface area (Å²) in [7, 11) is 0. The molecule has 15 heavy (non-hydrogen) atoms. The maximum Gasteiger partial charge on any atom is 0.263 e. The molecule has 0 fully saturated rings. The molecular formula is C11H13F2NO. The predicted molar refractivity (Wildman–Crippen MR) is 55.2 cm³/mol. The molecule has 0 bridgehead atoms. The molecule has 0 N–H and O–H groups in total. The Kier molecular flexibility index (Phi) is 4.21. The Morgan fingerprint density at radius 3 is 2.67 bits per heavy atom. The van der Waals surface area contributed by atoms with E-state index in [1.807, 2.05) is 13.8 Å². The number of hydrogen-bond donors (Lipinski definition) is 0. The van der Waals surface area contributed by atoms with Crippen LogP contribution in [0.4, 0.5) is 8.78 Å². The Morgan fingerprint density at radius 1 is 1.33 bits per heavy atom. The fourth-order valence-corrected chi connectivity index (χ4v) is 0.988. The first-order valence-electron chi connectivity index (χ1n) is 4.67. The van der Waals surface area contributed by atoms with Crippen LogP contribution < -0.4 is 0 Å². The molecule has 0 aliphatic heterocycles. The SMILES string of the molecule is CC(C)ON=Cc1cccc(C(F)F)c1. The van der Waals surface area contributed by atoms with Gasteiger partial charge in [0.1, 0.15) is 6.10 Å². The summed E-state index contributed by atoms with van der Waals surface area (Å²) in [6.45, 7) is 3.68. The Bertz CT molecular complexity index is 337. The summed E-state index contributed by atoms with van der Waals surface area (Å²) < 4.78 is 24.6. The van der Waals surface area contributed by atoms with Crippen LogP contribution in [0.2, 0.25) is 0 Å². The Balaban J connectivity index is 2.69. The number of alkyl halides is 2. The highest BCUT2D eigenvalue weighted by molar-refractivity contribution is 5.79. The molecule has 0 aromatic heterocycles. The van der Waals surface area contributed by atoms with Crippen molar-refractivity contribution in [3.63, 3.8) is 0 Å². The molecule has 82 valence electrons. The van der Waals surface area contributed by atoms with E-state index in [-0.39, 0.29) is 11.7 Å². The maximum absolute atomic E-state index is 12.3. The molecule has 2 nitrogen and oxygen atoms in total. The highest BCUT2D eigenvalue weighted by atomic mass is 19.3. The van der Waals surface area contributed by atoms with Gasteiger partial charge in [-0.2, -0.15) is 0 Å². The molecular weight excluding hydrogens is 200 g/mol. The van der Waals surface area contributed by atoms with Gasteiger partial charge < -0.3 is 4.84 Å². The minimum atomic E-state index is -2.45. The largest absolute Gasteiger partial charge is 0.393 e. The van der Waals surface area contributed by atoms with E-state index in [0.717, 1.165) is 0 Å². The van der Waals surface area contributed by atoms with Crippen LogP contribution in [0.3, 0.4) is 0 Å². The molecule has 0 heterocycles. The van der Waals surface area contributed by atoms with Crippen molar-refractivity contribution in [1.29, 1.82) is 0 Å². The van der Waals surface area contributed by atoms with Crippen LogP contribution >= 0.6 is 0 Å². The molecule has 1 rings (SSSR count). The lowest BCUT2D eigenvalue weighted by Gasteiger charge is -2.02. The van der Waals surface area contributed by atoms with Crippen LogP contribution in [-0.4, -0.2) is 12.3 Å². The number of benzene rings is 1. The zero-order valence-corrected chi connectivity index (χ0v) is 8.65. The monoisotopic (exact) mass is 213 g/mol. The fraction of sp³-hybridized carbons (Fsp3) is 0.364. The second-order valence-electron chi connectivity index (χ2n) is 3.36. The van der Waals surface area contributed by atoms with Gasteiger partial charge in [0.2, 0.25) is 0 Å². The van der Waals surface area contributed by atoms with Gasteiger partial charge in [-0.3, -0.25) is 0 Å². The van der Waals surface area contributed by atoms with Crippen LogP contribution in [0.25, 0.3) is 0 Å². The number of nitrogens with zero attached hydrogens (tertiary/aromatic N) is 1. The molecule has 1 aromatic rings. The molecule has 0 aliphatic carbocycles. The van der Waals surface area contributed by atoms with Crippen LogP contribution in [-0.2, 0) is 4.84 Å². The molecule has 0 aliphatic rings. The number of hydrogen-bond acceptors (Lipinski definition) is 2. The fourth-order valence-electron chi connectivity index (χ4n) is 0.988. The molecule has 0 amide bonds. The maximum atomic E-state index is 12.3. The zero-order chi connectivity index (χ0) is 11.3. The van der Waals surface area contributed by atoms with E-state index in [9.17, 15) is 8.78 Å². The Hall–Kier alpha value is -1.45. The van der Waals surface area contributed by atoms with Crippen molar-refractivity contribution in [3.8, 4) is 0 Å². The van der Waals surface area contributed by atoms with Crippen molar-refractivity contribution in [2.75, 3.05) is 0 Å². The third kappa shape index (κ3) is 4.06. The Morgan fingerprint density at radius 2 is 2.07 bits per heavy atom. The smallest absolute Gasteiger partial charge is 0.263 e. The molecule has 0 unspecified atom stereocenters. The normalized spacial score (nSPS) is 11.6. The van der Waals surface area contributed by atoms with Crippen LogP contribution in [0, 0.1) is 0 Å². The van der Waals surface area contributed by atoms with Crippen molar-refractivity contribution >= 4 is 6.21 Å². The molecule has 0 saturated carbocycles. The average Bonchev–Trinajstić information content (AvgIpc) is 2.17. The molecule has 0 spiro atoms. The van der Waals surface area contributed by atoms with Gasteiger partial charge in [-0.15, -0.1) is 0 Å². The minimum Gasteiger partial charge on any atom is -0.393 e. The van der Waals surface area contributed by atoms with Crippen molar-refractivity contribution in [2.45, 2.75) is 26.4 Å². The van der Waals surface area contributed by atoms with Crippen molar-refractivity contribution < 1.29 is 13.6 Å². The van der Waals surface area contributed by atoms with E-state index < -0.39 is 6.43 Å². The summed E-state index contributed by atoms with van der Waals surface area (Å²) in [5, 5.41) is 3.67. The van der Waals surface area contributed by atoms with E-state index in [0.29, 0.717) is 5.56 Å². The van der Waals surface area contributed by atoms with E-state index in [4.69, 9.17) is 4.84 Å². The lowest BCUT2D eigenvalue weighted by atomic mass is 10.1. The highest BCUT2D eigenvalue weighted by Gasteiger charge is 2.05. The molecule has 0 saturated heterocycles. The van der Waals surface area contributed by atoms with Gasteiger partial charge in [0.15, 0.2) is 0 Å². The number of halogens is 2.